The molecule has 0 aromatic heterocycles. The third kappa shape index (κ3) is 5.12. The van der Waals surface area contributed by atoms with Gasteiger partial charge in [0.1, 0.15) is 18.2 Å². The lowest BCUT2D eigenvalue weighted by molar-refractivity contribution is -0.121. The number of hydrogen-bond donors (Lipinski definition) is 1. The van der Waals surface area contributed by atoms with E-state index in [1.807, 2.05) is 18.2 Å². The average molecular weight is 463 g/mol. The van der Waals surface area contributed by atoms with Gasteiger partial charge in [0.05, 0.1) is 16.2 Å². The molecule has 1 N–H and O–H groups in total. The molecule has 0 aliphatic carbocycles. The summed E-state index contributed by atoms with van der Waals surface area (Å²) < 4.78 is 19.7. The van der Waals surface area contributed by atoms with Crippen molar-refractivity contribution in [2.75, 3.05) is 7.05 Å². The highest BCUT2D eigenvalue weighted by molar-refractivity contribution is 8.18. The second-order valence-corrected chi connectivity index (χ2v) is 8.15. The molecule has 1 aliphatic heterocycles. The smallest absolute Gasteiger partial charge is 0.335 e. The van der Waals surface area contributed by atoms with Gasteiger partial charge in [0.2, 0.25) is 0 Å². The van der Waals surface area contributed by atoms with Gasteiger partial charge in [-0.25, -0.2) is 14.2 Å². The summed E-state index contributed by atoms with van der Waals surface area (Å²) in [6.45, 7) is 0.0624. The number of para-hydroxylation sites is 1. The summed E-state index contributed by atoms with van der Waals surface area (Å²) in [4.78, 5) is 30.1. The average Bonchev–Trinajstić information content (AvgIpc) is 3.07. The van der Waals surface area contributed by atoms with Gasteiger partial charge >= 0.3 is 5.97 Å². The molecule has 1 fully saturated rings. The molecule has 1 heterocycles. The van der Waals surface area contributed by atoms with Crippen molar-refractivity contribution in [3.05, 3.63) is 100 Å². The van der Waals surface area contributed by atoms with Crippen molar-refractivity contribution in [2.24, 2.45) is 4.99 Å². The molecular formula is C25H19FN2O4S. The summed E-state index contributed by atoms with van der Waals surface area (Å²) in [6.07, 6.45) is 1.72. The van der Waals surface area contributed by atoms with Crippen molar-refractivity contribution >= 4 is 40.6 Å². The van der Waals surface area contributed by atoms with Crippen LogP contribution in [0.2, 0.25) is 0 Å². The van der Waals surface area contributed by atoms with Crippen molar-refractivity contribution in [3.63, 3.8) is 0 Å². The molecule has 0 spiro atoms. The van der Waals surface area contributed by atoms with Crippen LogP contribution in [0.1, 0.15) is 21.5 Å². The number of carboxylic acids is 1. The van der Waals surface area contributed by atoms with Gasteiger partial charge in [-0.2, -0.15) is 0 Å². The number of amidine groups is 1. The molecule has 8 heteroatoms. The van der Waals surface area contributed by atoms with E-state index in [1.165, 1.54) is 34.9 Å². The topological polar surface area (TPSA) is 79.2 Å². The van der Waals surface area contributed by atoms with Gasteiger partial charge in [-0.15, -0.1) is 0 Å². The zero-order chi connectivity index (χ0) is 23.4. The highest BCUT2D eigenvalue weighted by Crippen LogP contribution is 2.35. The number of carbonyl (C=O) groups excluding carboxylic acids is 1. The van der Waals surface area contributed by atoms with Crippen LogP contribution in [-0.4, -0.2) is 34.1 Å². The number of aromatic carboxylic acids is 1. The van der Waals surface area contributed by atoms with Crippen LogP contribution in [0.3, 0.4) is 0 Å². The number of rotatable bonds is 6. The first-order valence-electron chi connectivity index (χ1n) is 9.97. The quantitative estimate of drug-likeness (QED) is 0.501. The number of halogens is 1. The minimum Gasteiger partial charge on any atom is -0.488 e. The van der Waals surface area contributed by atoms with E-state index in [2.05, 4.69) is 4.99 Å². The predicted molar refractivity (Wildman–Crippen MR) is 126 cm³/mol. The van der Waals surface area contributed by atoms with E-state index in [1.54, 1.807) is 49.5 Å². The molecule has 166 valence electrons. The molecule has 6 nitrogen and oxygen atoms in total. The highest BCUT2D eigenvalue weighted by atomic mass is 32.2. The van der Waals surface area contributed by atoms with Crippen molar-refractivity contribution < 1.29 is 23.8 Å². The Balaban J connectivity index is 1.55. The Morgan fingerprint density at radius 1 is 1.09 bits per heavy atom. The standard InChI is InChI=1S/C25H19FN2O4S/c1-28-23(29)22(33-25(28)27-19-12-10-16(11-13-19)24(30)31)14-17-6-3-5-9-21(17)32-15-18-7-2-4-8-20(18)26/h2-14H,15H2,1H3,(H,30,31)/b22-14-,27-25?. The maximum atomic E-state index is 13.9. The van der Waals surface area contributed by atoms with Crippen LogP contribution in [0.4, 0.5) is 10.1 Å². The first kappa shape index (κ1) is 22.3. The van der Waals surface area contributed by atoms with Crippen LogP contribution in [0.5, 0.6) is 5.75 Å². The fourth-order valence-electron chi connectivity index (χ4n) is 3.08. The van der Waals surface area contributed by atoms with Gasteiger partial charge in [-0.1, -0.05) is 36.4 Å². The highest BCUT2D eigenvalue weighted by Gasteiger charge is 2.30. The van der Waals surface area contributed by atoms with Crippen LogP contribution in [-0.2, 0) is 11.4 Å². The largest absolute Gasteiger partial charge is 0.488 e. The summed E-state index contributed by atoms with van der Waals surface area (Å²) in [6, 6.07) is 19.7. The van der Waals surface area contributed by atoms with E-state index in [0.717, 1.165) is 0 Å². The van der Waals surface area contributed by atoms with E-state index in [-0.39, 0.29) is 23.9 Å². The zero-order valence-corrected chi connectivity index (χ0v) is 18.4. The number of amides is 1. The fourth-order valence-corrected chi connectivity index (χ4v) is 4.06. The molecule has 4 rings (SSSR count). The van der Waals surface area contributed by atoms with Crippen molar-refractivity contribution in [1.82, 2.24) is 4.90 Å². The molecule has 0 radical (unpaired) electrons. The molecule has 1 amide bonds. The van der Waals surface area contributed by atoms with Crippen molar-refractivity contribution in [3.8, 4) is 5.75 Å². The molecule has 0 unspecified atom stereocenters. The Morgan fingerprint density at radius 2 is 1.79 bits per heavy atom. The fraction of sp³-hybridized carbons (Fsp3) is 0.0800. The number of likely N-dealkylation sites (N-methyl/N-ethyl adjacent to an activating group) is 1. The number of benzene rings is 3. The molecule has 3 aromatic rings. The Bertz CT molecular complexity index is 1270. The third-order valence-electron chi connectivity index (χ3n) is 4.89. The number of carbonyl (C=O) groups is 2. The maximum Gasteiger partial charge on any atom is 0.335 e. The minimum atomic E-state index is -1.02. The number of ether oxygens (including phenoxy) is 1. The van der Waals surface area contributed by atoms with Gasteiger partial charge in [-0.05, 0) is 54.2 Å². The van der Waals surface area contributed by atoms with E-state index in [9.17, 15) is 14.0 Å². The monoisotopic (exact) mass is 462 g/mol. The maximum absolute atomic E-state index is 13.9. The van der Waals surface area contributed by atoms with Gasteiger partial charge < -0.3 is 9.84 Å². The number of nitrogens with zero attached hydrogens (tertiary/aromatic N) is 2. The van der Waals surface area contributed by atoms with E-state index >= 15 is 0 Å². The lowest BCUT2D eigenvalue weighted by Crippen LogP contribution is -2.23. The third-order valence-corrected chi connectivity index (χ3v) is 5.95. The van der Waals surface area contributed by atoms with E-state index in [4.69, 9.17) is 9.84 Å². The zero-order valence-electron chi connectivity index (χ0n) is 17.6. The summed E-state index contributed by atoms with van der Waals surface area (Å²) in [5.41, 5.74) is 1.83. The predicted octanol–water partition coefficient (Wildman–Crippen LogP) is 5.34. The molecule has 0 atom stereocenters. The van der Waals surface area contributed by atoms with Crippen LogP contribution in [0.15, 0.2) is 82.7 Å². The second-order valence-electron chi connectivity index (χ2n) is 7.14. The van der Waals surface area contributed by atoms with E-state index < -0.39 is 5.97 Å². The first-order chi connectivity index (χ1) is 15.9. The first-order valence-corrected chi connectivity index (χ1v) is 10.8. The van der Waals surface area contributed by atoms with Crippen molar-refractivity contribution in [2.45, 2.75) is 6.61 Å². The minimum absolute atomic E-state index is 0.0624. The number of carboxylic acid groups (broad SMARTS) is 1. The SMILES string of the molecule is CN1C(=O)/C(=C/c2ccccc2OCc2ccccc2F)SC1=Nc1ccc(C(=O)O)cc1. The summed E-state index contributed by atoms with van der Waals surface area (Å²) in [5.74, 6) is -1.05. The Kier molecular flexibility index (Phi) is 6.55. The molecule has 33 heavy (non-hydrogen) atoms. The van der Waals surface area contributed by atoms with Gasteiger partial charge in [0.25, 0.3) is 5.91 Å². The number of aliphatic imine (C=N–C) groups is 1. The normalized spacial score (nSPS) is 15.9. The van der Waals surface area contributed by atoms with Gasteiger partial charge in [0, 0.05) is 18.2 Å². The Hall–Kier alpha value is -3.91. The Morgan fingerprint density at radius 3 is 2.52 bits per heavy atom. The van der Waals surface area contributed by atoms with Crippen LogP contribution < -0.4 is 4.74 Å². The molecule has 0 bridgehead atoms. The number of thioether (sulfide) groups is 1. The molecular weight excluding hydrogens is 443 g/mol. The molecule has 1 aliphatic rings. The van der Waals surface area contributed by atoms with Crippen molar-refractivity contribution in [1.29, 1.82) is 0 Å². The van der Waals surface area contributed by atoms with Crippen LogP contribution in [0, 0.1) is 5.82 Å². The summed E-state index contributed by atoms with van der Waals surface area (Å²) in [7, 11) is 1.63. The summed E-state index contributed by atoms with van der Waals surface area (Å²) >= 11 is 1.21. The molecule has 1 saturated heterocycles. The van der Waals surface area contributed by atoms with E-state index in [0.29, 0.717) is 32.6 Å². The molecule has 0 saturated carbocycles. The van der Waals surface area contributed by atoms with Gasteiger partial charge in [0.15, 0.2) is 5.17 Å². The Labute approximate surface area is 194 Å². The lowest BCUT2D eigenvalue weighted by Gasteiger charge is -2.10. The van der Waals surface area contributed by atoms with Crippen LogP contribution >= 0.6 is 11.8 Å². The lowest BCUT2D eigenvalue weighted by atomic mass is 10.1. The second kappa shape index (κ2) is 9.70. The summed E-state index contributed by atoms with van der Waals surface area (Å²) in [5, 5.41) is 9.49. The van der Waals surface area contributed by atoms with Gasteiger partial charge in [-0.3, -0.25) is 9.69 Å². The van der Waals surface area contributed by atoms with Crippen LogP contribution in [0.25, 0.3) is 6.08 Å². The number of hydrogen-bond acceptors (Lipinski definition) is 5. The molecule has 3 aromatic carbocycles.